The van der Waals surface area contributed by atoms with E-state index in [4.69, 9.17) is 9.47 Å². The van der Waals surface area contributed by atoms with Crippen molar-refractivity contribution in [2.24, 2.45) is 0 Å². The second-order valence-electron chi connectivity index (χ2n) is 7.11. The second-order valence-corrected chi connectivity index (χ2v) is 7.11. The number of aliphatic hydroxyl groups excluding tert-OH is 2. The number of carbonyl (C=O) groups excluding carboxylic acids is 1. The zero-order valence-corrected chi connectivity index (χ0v) is 18.4. The normalized spacial score (nSPS) is 26.6. The zero-order valence-electron chi connectivity index (χ0n) is 16.8. The van der Waals surface area contributed by atoms with Crippen molar-refractivity contribution in [3.8, 4) is 0 Å². The molecular formula is C19H30Cl2FN3O5. The van der Waals surface area contributed by atoms with Gasteiger partial charge in [0.05, 0.1) is 18.8 Å². The van der Waals surface area contributed by atoms with E-state index in [9.17, 15) is 19.4 Å². The molecule has 1 aromatic carbocycles. The molecule has 30 heavy (non-hydrogen) atoms. The number of benzene rings is 1. The predicted molar refractivity (Wildman–Crippen MR) is 115 cm³/mol. The maximum atomic E-state index is 13.1. The lowest BCUT2D eigenvalue weighted by atomic mass is 10.0. The van der Waals surface area contributed by atoms with E-state index in [2.05, 4.69) is 15.1 Å². The van der Waals surface area contributed by atoms with Crippen LogP contribution in [0.25, 0.3) is 0 Å². The van der Waals surface area contributed by atoms with E-state index in [1.54, 1.807) is 12.1 Å². The molecule has 0 aliphatic carbocycles. The van der Waals surface area contributed by atoms with Crippen LogP contribution in [0.15, 0.2) is 24.3 Å². The third kappa shape index (κ3) is 6.40. The first kappa shape index (κ1) is 26.8. The molecule has 0 aromatic heterocycles. The third-order valence-corrected chi connectivity index (χ3v) is 5.34. The first-order valence-electron chi connectivity index (χ1n) is 9.48. The van der Waals surface area contributed by atoms with Crippen LogP contribution in [0.3, 0.4) is 0 Å². The summed E-state index contributed by atoms with van der Waals surface area (Å²) in [5.74, 6) is -0.519. The number of amides is 1. The summed E-state index contributed by atoms with van der Waals surface area (Å²) in [5, 5.41) is 22.9. The van der Waals surface area contributed by atoms with Gasteiger partial charge in [0.25, 0.3) is 0 Å². The van der Waals surface area contributed by atoms with Gasteiger partial charge in [-0.25, -0.2) is 4.39 Å². The lowest BCUT2D eigenvalue weighted by molar-refractivity contribution is -0.125. The standard InChI is InChI=1S/C19H28FN3O5.2ClH/c1-27-12-17(25)21-10-15-18(19(26)16(11-24)28-15)23-8-6-22(7-9-23)14-4-2-13(20)3-5-14;;/h2-5,15-16,18-19,24,26H,6-12H2,1H3,(H,21,25);2*1H/t15-,16+,18+,19-;;/m1../s1. The van der Waals surface area contributed by atoms with Crippen LogP contribution in [0.2, 0.25) is 0 Å². The average molecular weight is 470 g/mol. The topological polar surface area (TPSA) is 94.5 Å². The number of carbonyl (C=O) groups is 1. The van der Waals surface area contributed by atoms with Gasteiger partial charge in [-0.2, -0.15) is 0 Å². The molecule has 0 radical (unpaired) electrons. The molecule has 2 aliphatic rings. The van der Waals surface area contributed by atoms with Crippen molar-refractivity contribution in [1.29, 1.82) is 0 Å². The van der Waals surface area contributed by atoms with Crippen molar-refractivity contribution in [2.45, 2.75) is 24.4 Å². The SMILES string of the molecule is COCC(=O)NC[C@H]1O[C@@H](CO)[C@@H](O)[C@H]1N1CCN(c2ccc(F)cc2)CC1.Cl.Cl. The second kappa shape index (κ2) is 12.6. The minimum absolute atomic E-state index is 0. The molecule has 172 valence electrons. The summed E-state index contributed by atoms with van der Waals surface area (Å²) in [6.07, 6.45) is -1.94. The summed E-state index contributed by atoms with van der Waals surface area (Å²) in [6, 6.07) is 6.08. The highest BCUT2D eigenvalue weighted by molar-refractivity contribution is 5.85. The van der Waals surface area contributed by atoms with Crippen LogP contribution in [0.1, 0.15) is 0 Å². The summed E-state index contributed by atoms with van der Waals surface area (Å²) >= 11 is 0. The van der Waals surface area contributed by atoms with Crippen molar-refractivity contribution >= 4 is 36.4 Å². The Bertz CT molecular complexity index is 650. The van der Waals surface area contributed by atoms with Gasteiger partial charge in [0.1, 0.15) is 24.6 Å². The molecule has 4 atom stereocenters. The Balaban J connectivity index is 0.00000225. The molecule has 2 saturated heterocycles. The largest absolute Gasteiger partial charge is 0.394 e. The quantitative estimate of drug-likeness (QED) is 0.518. The fourth-order valence-electron chi connectivity index (χ4n) is 3.92. The van der Waals surface area contributed by atoms with Crippen LogP contribution in [0, 0.1) is 5.82 Å². The summed E-state index contributed by atoms with van der Waals surface area (Å²) in [7, 11) is 1.45. The number of ether oxygens (including phenoxy) is 2. The molecule has 0 unspecified atom stereocenters. The Kier molecular flexibility index (Phi) is 11.3. The maximum Gasteiger partial charge on any atom is 0.246 e. The number of nitrogens with one attached hydrogen (secondary N) is 1. The van der Waals surface area contributed by atoms with Gasteiger partial charge in [-0.05, 0) is 24.3 Å². The predicted octanol–water partition coefficient (Wildman–Crippen LogP) is 0.0431. The Morgan fingerprint density at radius 1 is 1.20 bits per heavy atom. The van der Waals surface area contributed by atoms with Crippen LogP contribution in [-0.2, 0) is 14.3 Å². The highest BCUT2D eigenvalue weighted by Crippen LogP contribution is 2.27. The van der Waals surface area contributed by atoms with E-state index in [0.29, 0.717) is 13.1 Å². The van der Waals surface area contributed by atoms with Gasteiger partial charge in [-0.3, -0.25) is 9.69 Å². The Morgan fingerprint density at radius 3 is 2.40 bits per heavy atom. The van der Waals surface area contributed by atoms with Gasteiger partial charge in [0.15, 0.2) is 0 Å². The summed E-state index contributed by atoms with van der Waals surface area (Å²) in [6.45, 7) is 2.73. The molecule has 1 amide bonds. The van der Waals surface area contributed by atoms with Crippen molar-refractivity contribution < 1.29 is 28.9 Å². The fraction of sp³-hybridized carbons (Fsp3) is 0.632. The number of aliphatic hydroxyl groups is 2. The minimum atomic E-state index is -0.841. The van der Waals surface area contributed by atoms with E-state index in [0.717, 1.165) is 18.8 Å². The van der Waals surface area contributed by atoms with Crippen molar-refractivity contribution in [1.82, 2.24) is 10.2 Å². The Hall–Kier alpha value is -1.20. The summed E-state index contributed by atoms with van der Waals surface area (Å²) in [5.41, 5.74) is 0.959. The van der Waals surface area contributed by atoms with E-state index in [1.807, 2.05) is 0 Å². The first-order valence-corrected chi connectivity index (χ1v) is 9.48. The van der Waals surface area contributed by atoms with Gasteiger partial charge in [-0.1, -0.05) is 0 Å². The van der Waals surface area contributed by atoms with Gasteiger partial charge < -0.3 is 29.9 Å². The molecule has 8 nitrogen and oxygen atoms in total. The van der Waals surface area contributed by atoms with Gasteiger partial charge in [-0.15, -0.1) is 24.8 Å². The molecule has 2 aliphatic heterocycles. The number of anilines is 1. The summed E-state index contributed by atoms with van der Waals surface area (Å²) < 4.78 is 23.7. The summed E-state index contributed by atoms with van der Waals surface area (Å²) in [4.78, 5) is 16.0. The van der Waals surface area contributed by atoms with E-state index >= 15 is 0 Å². The number of rotatable bonds is 7. The van der Waals surface area contributed by atoms with E-state index < -0.39 is 18.3 Å². The molecule has 0 saturated carbocycles. The molecule has 3 rings (SSSR count). The molecule has 0 bridgehead atoms. The minimum Gasteiger partial charge on any atom is -0.394 e. The lowest BCUT2D eigenvalue weighted by Gasteiger charge is -2.41. The third-order valence-electron chi connectivity index (χ3n) is 5.34. The lowest BCUT2D eigenvalue weighted by Crippen LogP contribution is -2.57. The molecular weight excluding hydrogens is 440 g/mol. The van der Waals surface area contributed by atoms with Crippen LogP contribution in [0.5, 0.6) is 0 Å². The Morgan fingerprint density at radius 2 is 1.83 bits per heavy atom. The number of hydrogen-bond acceptors (Lipinski definition) is 7. The Labute approximate surface area is 188 Å². The highest BCUT2D eigenvalue weighted by atomic mass is 35.5. The van der Waals surface area contributed by atoms with Crippen LogP contribution in [0.4, 0.5) is 10.1 Å². The number of nitrogens with zero attached hydrogens (tertiary/aromatic N) is 2. The van der Waals surface area contributed by atoms with Crippen LogP contribution in [-0.4, -0.2) is 98.4 Å². The van der Waals surface area contributed by atoms with Crippen LogP contribution >= 0.6 is 24.8 Å². The average Bonchev–Trinajstić information content (AvgIpc) is 3.03. The molecule has 1 aromatic rings. The molecule has 11 heteroatoms. The number of methoxy groups -OCH3 is 1. The van der Waals surface area contributed by atoms with Crippen molar-refractivity contribution in [3.63, 3.8) is 0 Å². The molecule has 2 heterocycles. The monoisotopic (exact) mass is 469 g/mol. The van der Waals surface area contributed by atoms with E-state index in [-0.39, 0.29) is 62.3 Å². The number of hydrogen-bond donors (Lipinski definition) is 3. The zero-order chi connectivity index (χ0) is 20.1. The van der Waals surface area contributed by atoms with Gasteiger partial charge in [0.2, 0.25) is 5.91 Å². The molecule has 0 spiro atoms. The van der Waals surface area contributed by atoms with Gasteiger partial charge in [0, 0.05) is 45.5 Å². The smallest absolute Gasteiger partial charge is 0.246 e. The van der Waals surface area contributed by atoms with Crippen molar-refractivity contribution in [3.05, 3.63) is 30.1 Å². The van der Waals surface area contributed by atoms with Gasteiger partial charge >= 0.3 is 0 Å². The maximum absolute atomic E-state index is 13.1. The fourth-order valence-corrected chi connectivity index (χ4v) is 3.92. The highest BCUT2D eigenvalue weighted by Gasteiger charge is 2.46. The number of halogens is 3. The van der Waals surface area contributed by atoms with Crippen molar-refractivity contribution in [2.75, 3.05) is 57.9 Å². The number of piperazine rings is 1. The first-order chi connectivity index (χ1) is 13.5. The molecule has 2 fully saturated rings. The van der Waals surface area contributed by atoms with E-state index in [1.165, 1.54) is 19.2 Å². The molecule has 3 N–H and O–H groups in total. The van der Waals surface area contributed by atoms with Crippen LogP contribution < -0.4 is 10.2 Å².